The van der Waals surface area contributed by atoms with Crippen molar-refractivity contribution in [2.45, 2.75) is 6.42 Å². The summed E-state index contributed by atoms with van der Waals surface area (Å²) in [4.78, 5) is 8.67. The first kappa shape index (κ1) is 19.3. The molecule has 3 rings (SSSR count). The highest BCUT2D eigenvalue weighted by molar-refractivity contribution is 6.31. The van der Waals surface area contributed by atoms with Crippen LogP contribution in [0, 0.1) is 5.82 Å². The van der Waals surface area contributed by atoms with Gasteiger partial charge in [0.15, 0.2) is 5.96 Å². The van der Waals surface area contributed by atoms with Crippen LogP contribution in [0.3, 0.4) is 0 Å². The quantitative estimate of drug-likeness (QED) is 0.622. The van der Waals surface area contributed by atoms with Gasteiger partial charge >= 0.3 is 0 Å². The van der Waals surface area contributed by atoms with Crippen LogP contribution < -0.4 is 10.2 Å². The van der Waals surface area contributed by atoms with E-state index in [4.69, 9.17) is 11.6 Å². The highest BCUT2D eigenvalue weighted by Crippen LogP contribution is 2.27. The second kappa shape index (κ2) is 8.95. The van der Waals surface area contributed by atoms with Gasteiger partial charge < -0.3 is 20.2 Å². The Balaban J connectivity index is 1.53. The molecule has 1 aliphatic heterocycles. The number of anilines is 1. The van der Waals surface area contributed by atoms with E-state index in [2.05, 4.69) is 20.1 Å². The highest BCUT2D eigenvalue weighted by Gasteiger charge is 2.21. The van der Waals surface area contributed by atoms with E-state index in [9.17, 15) is 9.50 Å². The molecule has 5 nitrogen and oxygen atoms in total. The van der Waals surface area contributed by atoms with Gasteiger partial charge in [0.05, 0.1) is 5.69 Å². The minimum Gasteiger partial charge on any atom is -0.506 e. The Kier molecular flexibility index (Phi) is 6.40. The van der Waals surface area contributed by atoms with Crippen molar-refractivity contribution in [3.05, 3.63) is 58.9 Å². The molecule has 144 valence electrons. The van der Waals surface area contributed by atoms with Crippen molar-refractivity contribution in [1.82, 2.24) is 10.2 Å². The second-order valence-electron chi connectivity index (χ2n) is 6.39. The third kappa shape index (κ3) is 4.63. The van der Waals surface area contributed by atoms with E-state index in [1.807, 2.05) is 18.2 Å². The van der Waals surface area contributed by atoms with Gasteiger partial charge in [-0.3, -0.25) is 4.99 Å². The summed E-state index contributed by atoms with van der Waals surface area (Å²) in [5.41, 5.74) is 1.38. The molecule has 1 aliphatic rings. The van der Waals surface area contributed by atoms with Crippen LogP contribution in [0.25, 0.3) is 0 Å². The number of guanidine groups is 1. The van der Waals surface area contributed by atoms with Crippen LogP contribution in [0.5, 0.6) is 5.75 Å². The topological polar surface area (TPSA) is 51.1 Å². The summed E-state index contributed by atoms with van der Waals surface area (Å²) in [7, 11) is 1.74. The Morgan fingerprint density at radius 1 is 1.15 bits per heavy atom. The lowest BCUT2D eigenvalue weighted by Crippen LogP contribution is -2.52. The molecule has 0 atom stereocenters. The molecule has 0 aliphatic carbocycles. The normalized spacial score (nSPS) is 15.1. The number of aliphatic imine (C=N–C) groups is 1. The number of rotatable bonds is 4. The molecule has 0 radical (unpaired) electrons. The van der Waals surface area contributed by atoms with E-state index in [-0.39, 0.29) is 5.82 Å². The van der Waals surface area contributed by atoms with Crippen molar-refractivity contribution in [2.24, 2.45) is 4.99 Å². The van der Waals surface area contributed by atoms with Crippen molar-refractivity contribution < 1.29 is 9.50 Å². The zero-order valence-electron chi connectivity index (χ0n) is 15.3. The van der Waals surface area contributed by atoms with Crippen LogP contribution in [0.1, 0.15) is 5.56 Å². The van der Waals surface area contributed by atoms with E-state index >= 15 is 0 Å². The molecule has 0 aromatic heterocycles. The lowest BCUT2D eigenvalue weighted by Gasteiger charge is -2.37. The summed E-state index contributed by atoms with van der Waals surface area (Å²) >= 11 is 6.08. The fraction of sp³-hybridized carbons (Fsp3) is 0.350. The molecule has 1 heterocycles. The Morgan fingerprint density at radius 3 is 2.56 bits per heavy atom. The van der Waals surface area contributed by atoms with Crippen LogP contribution in [0.4, 0.5) is 10.1 Å². The molecule has 2 aromatic rings. The zero-order valence-corrected chi connectivity index (χ0v) is 16.1. The van der Waals surface area contributed by atoms with Crippen LogP contribution in [-0.4, -0.2) is 55.7 Å². The zero-order chi connectivity index (χ0) is 19.2. The maximum Gasteiger partial charge on any atom is 0.193 e. The van der Waals surface area contributed by atoms with Gasteiger partial charge in [-0.05, 0) is 30.7 Å². The van der Waals surface area contributed by atoms with Crippen molar-refractivity contribution >= 4 is 23.2 Å². The Hall–Kier alpha value is -2.47. The summed E-state index contributed by atoms with van der Waals surface area (Å²) in [6.07, 6.45) is 0.488. The number of phenolic OH excluding ortho intramolecular Hbond substituents is 1. The first-order valence-corrected chi connectivity index (χ1v) is 9.39. The lowest BCUT2D eigenvalue weighted by atomic mass is 10.1. The number of aromatic hydroxyl groups is 1. The molecule has 2 N–H and O–H groups in total. The van der Waals surface area contributed by atoms with Crippen molar-refractivity contribution in [1.29, 1.82) is 0 Å². The molecule has 0 bridgehead atoms. The van der Waals surface area contributed by atoms with Gasteiger partial charge in [-0.25, -0.2) is 4.39 Å². The fourth-order valence-electron chi connectivity index (χ4n) is 3.29. The van der Waals surface area contributed by atoms with Gasteiger partial charge in [-0.2, -0.15) is 0 Å². The number of nitrogens with zero attached hydrogens (tertiary/aromatic N) is 3. The summed E-state index contributed by atoms with van der Waals surface area (Å²) in [6, 6.07) is 12.1. The number of piperazine rings is 1. The third-order valence-corrected chi connectivity index (χ3v) is 5.09. The molecule has 1 fully saturated rings. The number of benzene rings is 2. The Labute approximate surface area is 164 Å². The molecule has 2 aromatic carbocycles. The summed E-state index contributed by atoms with van der Waals surface area (Å²) in [6.45, 7) is 3.70. The van der Waals surface area contributed by atoms with Gasteiger partial charge in [0.1, 0.15) is 11.6 Å². The van der Waals surface area contributed by atoms with Crippen LogP contribution >= 0.6 is 11.6 Å². The summed E-state index contributed by atoms with van der Waals surface area (Å²) < 4.78 is 13.9. The summed E-state index contributed by atoms with van der Waals surface area (Å²) in [5, 5.41) is 13.8. The van der Waals surface area contributed by atoms with Gasteiger partial charge in [0.2, 0.25) is 0 Å². The predicted octanol–water partition coefficient (Wildman–Crippen LogP) is 3.12. The van der Waals surface area contributed by atoms with Gasteiger partial charge in [0.25, 0.3) is 0 Å². The molecule has 0 saturated carbocycles. The second-order valence-corrected chi connectivity index (χ2v) is 6.79. The van der Waals surface area contributed by atoms with Crippen molar-refractivity contribution in [3.63, 3.8) is 0 Å². The Morgan fingerprint density at radius 2 is 1.89 bits per heavy atom. The lowest BCUT2D eigenvalue weighted by molar-refractivity contribution is 0.370. The third-order valence-electron chi connectivity index (χ3n) is 4.73. The van der Waals surface area contributed by atoms with Crippen molar-refractivity contribution in [3.8, 4) is 5.75 Å². The maximum absolute atomic E-state index is 13.9. The minimum absolute atomic E-state index is 0.282. The molecule has 27 heavy (non-hydrogen) atoms. The SMILES string of the molecule is CN=C(NCCc1c(F)cccc1Cl)N1CCN(c2ccccc2O)CC1. The molecular weight excluding hydrogens is 367 g/mol. The van der Waals surface area contributed by atoms with Gasteiger partial charge in [0, 0.05) is 50.4 Å². The van der Waals surface area contributed by atoms with Gasteiger partial charge in [-0.1, -0.05) is 29.8 Å². The molecule has 0 unspecified atom stereocenters. The molecule has 0 spiro atoms. The highest BCUT2D eigenvalue weighted by atomic mass is 35.5. The number of halogens is 2. The van der Waals surface area contributed by atoms with E-state index in [0.29, 0.717) is 29.3 Å². The van der Waals surface area contributed by atoms with E-state index in [1.54, 1.807) is 25.2 Å². The standard InChI is InChI=1S/C20H24ClFN4O/c1-23-20(24-10-9-15-16(21)5-4-6-17(15)22)26-13-11-25(12-14-26)18-7-2-3-8-19(18)27/h2-8,27H,9-14H2,1H3,(H,23,24). The van der Waals surface area contributed by atoms with E-state index in [0.717, 1.165) is 37.8 Å². The molecule has 1 saturated heterocycles. The molecular formula is C20H24ClFN4O. The van der Waals surface area contributed by atoms with Gasteiger partial charge in [-0.15, -0.1) is 0 Å². The number of hydrogen-bond acceptors (Lipinski definition) is 3. The number of phenols is 1. The number of nitrogens with one attached hydrogen (secondary N) is 1. The van der Waals surface area contributed by atoms with E-state index in [1.165, 1.54) is 6.07 Å². The fourth-order valence-corrected chi connectivity index (χ4v) is 3.55. The monoisotopic (exact) mass is 390 g/mol. The molecule has 7 heteroatoms. The van der Waals surface area contributed by atoms with Crippen LogP contribution in [0.15, 0.2) is 47.5 Å². The largest absolute Gasteiger partial charge is 0.506 e. The minimum atomic E-state index is -0.282. The maximum atomic E-state index is 13.9. The Bertz CT molecular complexity index is 786. The van der Waals surface area contributed by atoms with E-state index < -0.39 is 0 Å². The van der Waals surface area contributed by atoms with Crippen molar-refractivity contribution in [2.75, 3.05) is 44.7 Å². The molecule has 0 amide bonds. The average Bonchev–Trinajstić information content (AvgIpc) is 2.68. The first-order chi connectivity index (χ1) is 13.1. The van der Waals surface area contributed by atoms with Crippen LogP contribution in [-0.2, 0) is 6.42 Å². The first-order valence-electron chi connectivity index (χ1n) is 9.01. The smallest absolute Gasteiger partial charge is 0.193 e. The number of para-hydroxylation sites is 2. The van der Waals surface area contributed by atoms with Crippen LogP contribution in [0.2, 0.25) is 5.02 Å². The predicted molar refractivity (Wildman–Crippen MR) is 108 cm³/mol. The number of hydrogen-bond donors (Lipinski definition) is 2. The summed E-state index contributed by atoms with van der Waals surface area (Å²) in [5.74, 6) is 0.810. The average molecular weight is 391 g/mol.